The predicted molar refractivity (Wildman–Crippen MR) is 51.2 cm³/mol. The highest BCUT2D eigenvalue weighted by atomic mass is 15.0. The molecule has 0 unspecified atom stereocenters. The Balaban J connectivity index is 2.64. The van der Waals surface area contributed by atoms with Crippen molar-refractivity contribution in [3.05, 3.63) is 36.4 Å². The quantitative estimate of drug-likeness (QED) is 0.672. The summed E-state index contributed by atoms with van der Waals surface area (Å²) in [6, 6.07) is 5.84. The minimum absolute atomic E-state index is 0.356. The van der Waals surface area contributed by atoms with E-state index in [2.05, 4.69) is 9.97 Å². The highest BCUT2D eigenvalue weighted by Crippen LogP contribution is 2.18. The Morgan fingerprint density at radius 3 is 2.79 bits per heavy atom. The lowest BCUT2D eigenvalue weighted by molar-refractivity contribution is 0.926. The first kappa shape index (κ1) is 8.45. The normalized spacial score (nSPS) is 9.71. The zero-order chi connectivity index (χ0) is 9.97. The number of hydrogen-bond donors (Lipinski definition) is 0. The highest BCUT2D eigenvalue weighted by Gasteiger charge is 2.08. The smallest absolute Gasteiger partial charge is 0.168 e. The van der Waals surface area contributed by atoms with Gasteiger partial charge in [0.1, 0.15) is 11.8 Å². The molecule has 0 radical (unpaired) electrons. The topological polar surface area (TPSA) is 54.5 Å². The van der Waals surface area contributed by atoms with Gasteiger partial charge in [-0.2, -0.15) is 5.26 Å². The Hall–Kier alpha value is -2.15. The van der Waals surface area contributed by atoms with Crippen molar-refractivity contribution in [3.63, 3.8) is 0 Å². The van der Waals surface area contributed by atoms with Crippen molar-refractivity contribution in [3.8, 4) is 17.5 Å². The van der Waals surface area contributed by atoms with E-state index in [4.69, 9.17) is 5.26 Å². The fraction of sp³-hybridized carbons (Fsp3) is 0.100. The number of nitriles is 1. The van der Waals surface area contributed by atoms with Crippen LogP contribution in [0, 0.1) is 11.3 Å². The lowest BCUT2D eigenvalue weighted by Crippen LogP contribution is -1.96. The summed E-state index contributed by atoms with van der Waals surface area (Å²) in [6.45, 7) is 0. The SMILES string of the molecule is Cn1cccc1-c1nccnc1C#N. The summed E-state index contributed by atoms with van der Waals surface area (Å²) in [7, 11) is 1.91. The number of aryl methyl sites for hydroxylation is 1. The Morgan fingerprint density at radius 2 is 2.14 bits per heavy atom. The van der Waals surface area contributed by atoms with Crippen LogP contribution in [0.4, 0.5) is 0 Å². The molecule has 2 aromatic heterocycles. The lowest BCUT2D eigenvalue weighted by atomic mass is 10.2. The molecule has 0 aliphatic heterocycles. The molecule has 2 rings (SSSR count). The van der Waals surface area contributed by atoms with E-state index < -0.39 is 0 Å². The largest absolute Gasteiger partial charge is 0.349 e. The first-order valence-electron chi connectivity index (χ1n) is 4.15. The summed E-state index contributed by atoms with van der Waals surface area (Å²) in [5.74, 6) is 0. The summed E-state index contributed by atoms with van der Waals surface area (Å²) in [5, 5.41) is 8.85. The Bertz CT molecular complexity index is 493. The van der Waals surface area contributed by atoms with Crippen LogP contribution in [0.5, 0.6) is 0 Å². The van der Waals surface area contributed by atoms with Gasteiger partial charge in [0.15, 0.2) is 5.69 Å². The van der Waals surface area contributed by atoms with Gasteiger partial charge in [-0.3, -0.25) is 4.98 Å². The monoisotopic (exact) mass is 184 g/mol. The van der Waals surface area contributed by atoms with Gasteiger partial charge in [0.2, 0.25) is 0 Å². The van der Waals surface area contributed by atoms with Crippen LogP contribution in [0.2, 0.25) is 0 Å². The second-order valence-corrected chi connectivity index (χ2v) is 2.87. The van der Waals surface area contributed by atoms with Crippen LogP contribution in [0.25, 0.3) is 11.4 Å². The van der Waals surface area contributed by atoms with Crippen LogP contribution in [0.15, 0.2) is 30.7 Å². The van der Waals surface area contributed by atoms with E-state index in [1.807, 2.05) is 36.0 Å². The second kappa shape index (κ2) is 3.30. The Labute approximate surface area is 81.5 Å². The molecule has 0 saturated heterocycles. The standard InChI is InChI=1S/C10H8N4/c1-14-6-2-3-9(14)10-8(7-11)12-4-5-13-10/h2-6H,1H3. The molecule has 0 spiro atoms. The minimum atomic E-state index is 0.356. The van der Waals surface area contributed by atoms with Gasteiger partial charge in [0.05, 0.1) is 5.69 Å². The summed E-state index contributed by atoms with van der Waals surface area (Å²) < 4.78 is 1.91. The van der Waals surface area contributed by atoms with E-state index in [0.717, 1.165) is 5.69 Å². The fourth-order valence-electron chi connectivity index (χ4n) is 1.31. The van der Waals surface area contributed by atoms with E-state index in [1.165, 1.54) is 6.20 Å². The maximum Gasteiger partial charge on any atom is 0.168 e. The van der Waals surface area contributed by atoms with Crippen molar-refractivity contribution >= 4 is 0 Å². The second-order valence-electron chi connectivity index (χ2n) is 2.87. The maximum absolute atomic E-state index is 8.85. The van der Waals surface area contributed by atoms with Crippen molar-refractivity contribution in [1.82, 2.24) is 14.5 Å². The molecule has 0 bridgehead atoms. The average molecular weight is 184 g/mol. The van der Waals surface area contributed by atoms with E-state index in [1.54, 1.807) is 6.20 Å². The van der Waals surface area contributed by atoms with Gasteiger partial charge in [-0.1, -0.05) is 0 Å². The number of rotatable bonds is 1. The molecule has 14 heavy (non-hydrogen) atoms. The number of hydrogen-bond acceptors (Lipinski definition) is 3. The van der Waals surface area contributed by atoms with Crippen molar-refractivity contribution in [2.45, 2.75) is 0 Å². The molecule has 4 nitrogen and oxygen atoms in total. The third-order valence-electron chi connectivity index (χ3n) is 1.99. The van der Waals surface area contributed by atoms with Crippen LogP contribution < -0.4 is 0 Å². The van der Waals surface area contributed by atoms with Gasteiger partial charge in [-0.25, -0.2) is 4.98 Å². The first-order valence-corrected chi connectivity index (χ1v) is 4.15. The highest BCUT2D eigenvalue weighted by molar-refractivity contribution is 5.60. The zero-order valence-electron chi connectivity index (χ0n) is 7.68. The van der Waals surface area contributed by atoms with E-state index >= 15 is 0 Å². The molecule has 0 amide bonds. The van der Waals surface area contributed by atoms with Gasteiger partial charge >= 0.3 is 0 Å². The summed E-state index contributed by atoms with van der Waals surface area (Å²) in [4.78, 5) is 8.10. The van der Waals surface area contributed by atoms with Crippen LogP contribution >= 0.6 is 0 Å². The first-order chi connectivity index (χ1) is 6.83. The summed E-state index contributed by atoms with van der Waals surface area (Å²) in [5.41, 5.74) is 1.88. The van der Waals surface area contributed by atoms with E-state index in [-0.39, 0.29) is 0 Å². The average Bonchev–Trinajstić information content (AvgIpc) is 2.64. The van der Waals surface area contributed by atoms with Gasteiger partial charge in [-0.15, -0.1) is 0 Å². The zero-order valence-corrected chi connectivity index (χ0v) is 7.68. The molecule has 0 saturated carbocycles. The van der Waals surface area contributed by atoms with Crippen molar-refractivity contribution < 1.29 is 0 Å². The summed E-state index contributed by atoms with van der Waals surface area (Å²) >= 11 is 0. The van der Waals surface area contributed by atoms with Gasteiger partial charge in [-0.05, 0) is 12.1 Å². The molecule has 2 aromatic rings. The van der Waals surface area contributed by atoms with Gasteiger partial charge in [0.25, 0.3) is 0 Å². The van der Waals surface area contributed by atoms with Crippen LogP contribution in [0.3, 0.4) is 0 Å². The van der Waals surface area contributed by atoms with E-state index in [0.29, 0.717) is 11.4 Å². The lowest BCUT2D eigenvalue weighted by Gasteiger charge is -2.02. The summed E-state index contributed by atoms with van der Waals surface area (Å²) in [6.07, 6.45) is 5.01. The van der Waals surface area contributed by atoms with Crippen LogP contribution in [0.1, 0.15) is 5.69 Å². The predicted octanol–water partition coefficient (Wildman–Crippen LogP) is 1.35. The fourth-order valence-corrected chi connectivity index (χ4v) is 1.31. The minimum Gasteiger partial charge on any atom is -0.349 e. The third-order valence-corrected chi connectivity index (χ3v) is 1.99. The molecule has 0 atom stereocenters. The van der Waals surface area contributed by atoms with Crippen LogP contribution in [-0.2, 0) is 7.05 Å². The maximum atomic E-state index is 8.85. The van der Waals surface area contributed by atoms with Gasteiger partial charge in [0, 0.05) is 25.6 Å². The number of nitrogens with zero attached hydrogens (tertiary/aromatic N) is 4. The van der Waals surface area contributed by atoms with Crippen LogP contribution in [-0.4, -0.2) is 14.5 Å². The molecule has 2 heterocycles. The van der Waals surface area contributed by atoms with Crippen molar-refractivity contribution in [2.24, 2.45) is 7.05 Å². The molecule has 68 valence electrons. The Morgan fingerprint density at radius 1 is 1.36 bits per heavy atom. The Kier molecular flexibility index (Phi) is 1.99. The molecular formula is C10H8N4. The molecule has 4 heteroatoms. The molecular weight excluding hydrogens is 176 g/mol. The molecule has 0 aliphatic carbocycles. The van der Waals surface area contributed by atoms with Crippen molar-refractivity contribution in [2.75, 3.05) is 0 Å². The molecule has 0 aromatic carbocycles. The molecule has 0 aliphatic rings. The molecule has 0 N–H and O–H groups in total. The van der Waals surface area contributed by atoms with Gasteiger partial charge < -0.3 is 4.57 Å². The molecule has 0 fully saturated rings. The number of aromatic nitrogens is 3. The van der Waals surface area contributed by atoms with E-state index in [9.17, 15) is 0 Å². The third kappa shape index (κ3) is 1.25. The van der Waals surface area contributed by atoms with Crippen molar-refractivity contribution in [1.29, 1.82) is 5.26 Å².